The van der Waals surface area contributed by atoms with Crippen molar-refractivity contribution in [1.29, 1.82) is 0 Å². The molecule has 164 valence electrons. The smallest absolute Gasteiger partial charge is 0.162 e. The molecule has 4 N–H and O–H groups in total. The third-order valence-electron chi connectivity index (χ3n) is 5.70. The molecule has 1 saturated carbocycles. The van der Waals surface area contributed by atoms with E-state index in [1.165, 1.54) is 30.5 Å². The normalized spacial score (nSPS) is 22.6. The Morgan fingerprint density at radius 1 is 1.19 bits per heavy atom. The molecule has 1 aliphatic rings. The van der Waals surface area contributed by atoms with E-state index in [4.69, 9.17) is 22.3 Å². The predicted molar refractivity (Wildman–Crippen MR) is 126 cm³/mol. The maximum Gasteiger partial charge on any atom is 0.162 e. The van der Waals surface area contributed by atoms with Crippen molar-refractivity contribution in [3.8, 4) is 0 Å². The molecule has 0 aliphatic heterocycles. The van der Waals surface area contributed by atoms with Crippen LogP contribution in [-0.2, 0) is 0 Å². The van der Waals surface area contributed by atoms with Gasteiger partial charge in [-0.25, -0.2) is 9.38 Å². The van der Waals surface area contributed by atoms with E-state index >= 15 is 0 Å². The quantitative estimate of drug-likeness (QED) is 0.226. The Morgan fingerprint density at radius 3 is 2.42 bits per heavy atom. The number of nitrogens with zero attached hydrogens (tertiary/aromatic N) is 3. The number of oxime groups is 1. The molecule has 3 rings (SSSR count). The number of amidine groups is 1. The minimum atomic E-state index is -0.360. The van der Waals surface area contributed by atoms with Gasteiger partial charge in [0.15, 0.2) is 11.5 Å². The van der Waals surface area contributed by atoms with Crippen LogP contribution in [0.2, 0.25) is 5.02 Å². The zero-order valence-electron chi connectivity index (χ0n) is 17.4. The van der Waals surface area contributed by atoms with Gasteiger partial charge in [0.05, 0.1) is 17.4 Å². The standard InChI is InChI=1S/C23H27ClFN5O/c1-2-23(13-11-20(12-14-23)28-18-7-3-16(24)4-8-18)27-15-21(30-31)22(26)29-19-9-5-17(25)6-10-19/h3-10,15,20,28,31H,2,11-14H2,1H3,(H2,26,29)/b27-15?,30-21+. The fourth-order valence-electron chi connectivity index (χ4n) is 3.71. The number of aliphatic imine (C=N–C) groups is 2. The fourth-order valence-corrected chi connectivity index (χ4v) is 3.83. The first-order valence-electron chi connectivity index (χ1n) is 10.3. The van der Waals surface area contributed by atoms with Gasteiger partial charge in [-0.15, -0.1) is 0 Å². The summed E-state index contributed by atoms with van der Waals surface area (Å²) >= 11 is 5.95. The van der Waals surface area contributed by atoms with E-state index in [2.05, 4.69) is 22.4 Å². The van der Waals surface area contributed by atoms with E-state index in [0.717, 1.165) is 42.8 Å². The summed E-state index contributed by atoms with van der Waals surface area (Å²) < 4.78 is 13.0. The maximum absolute atomic E-state index is 13.0. The number of hydrogen-bond acceptors (Lipinski definition) is 5. The molecular formula is C23H27ClFN5O. The van der Waals surface area contributed by atoms with Gasteiger partial charge in [0.1, 0.15) is 5.82 Å². The summed E-state index contributed by atoms with van der Waals surface area (Å²) in [4.78, 5) is 8.93. The second-order valence-corrected chi connectivity index (χ2v) is 8.16. The van der Waals surface area contributed by atoms with Crippen LogP contribution >= 0.6 is 11.6 Å². The van der Waals surface area contributed by atoms with Crippen molar-refractivity contribution < 1.29 is 9.60 Å². The lowest BCUT2D eigenvalue weighted by Crippen LogP contribution is -2.37. The van der Waals surface area contributed by atoms with Crippen molar-refractivity contribution in [1.82, 2.24) is 0 Å². The Labute approximate surface area is 186 Å². The summed E-state index contributed by atoms with van der Waals surface area (Å²) in [6.07, 6.45) is 6.10. The van der Waals surface area contributed by atoms with E-state index in [0.29, 0.717) is 11.7 Å². The molecule has 0 amide bonds. The molecule has 1 fully saturated rings. The van der Waals surface area contributed by atoms with Gasteiger partial charge < -0.3 is 16.3 Å². The molecule has 0 saturated heterocycles. The van der Waals surface area contributed by atoms with Gasteiger partial charge in [-0.1, -0.05) is 23.7 Å². The van der Waals surface area contributed by atoms with Crippen molar-refractivity contribution in [2.24, 2.45) is 20.9 Å². The minimum Gasteiger partial charge on any atom is -0.410 e. The highest BCUT2D eigenvalue weighted by atomic mass is 35.5. The predicted octanol–water partition coefficient (Wildman–Crippen LogP) is 5.57. The van der Waals surface area contributed by atoms with Gasteiger partial charge in [-0.2, -0.15) is 0 Å². The monoisotopic (exact) mass is 443 g/mol. The average Bonchev–Trinajstić information content (AvgIpc) is 2.78. The lowest BCUT2D eigenvalue weighted by Gasteiger charge is -2.37. The molecule has 8 heteroatoms. The number of nitrogens with one attached hydrogen (secondary N) is 1. The Morgan fingerprint density at radius 2 is 1.84 bits per heavy atom. The number of rotatable bonds is 7. The van der Waals surface area contributed by atoms with Crippen LogP contribution in [0.4, 0.5) is 15.8 Å². The molecule has 0 atom stereocenters. The fraction of sp³-hybridized carbons (Fsp3) is 0.348. The van der Waals surface area contributed by atoms with E-state index in [1.807, 2.05) is 24.3 Å². The van der Waals surface area contributed by atoms with Crippen molar-refractivity contribution in [3.63, 3.8) is 0 Å². The first-order valence-corrected chi connectivity index (χ1v) is 10.7. The summed E-state index contributed by atoms with van der Waals surface area (Å²) in [6, 6.07) is 13.7. The van der Waals surface area contributed by atoms with Crippen LogP contribution in [0.5, 0.6) is 0 Å². The third-order valence-corrected chi connectivity index (χ3v) is 5.95. The van der Waals surface area contributed by atoms with Gasteiger partial charge in [-0.3, -0.25) is 4.99 Å². The van der Waals surface area contributed by atoms with Crippen LogP contribution in [0, 0.1) is 5.82 Å². The maximum atomic E-state index is 13.0. The molecule has 0 radical (unpaired) electrons. The van der Waals surface area contributed by atoms with Crippen molar-refractivity contribution in [2.45, 2.75) is 50.6 Å². The van der Waals surface area contributed by atoms with Gasteiger partial charge >= 0.3 is 0 Å². The van der Waals surface area contributed by atoms with Crippen LogP contribution in [-0.4, -0.2) is 34.5 Å². The Hall–Kier alpha value is -2.93. The van der Waals surface area contributed by atoms with Crippen LogP contribution in [0.15, 0.2) is 63.7 Å². The number of hydrogen-bond donors (Lipinski definition) is 3. The Bertz CT molecular complexity index is 949. The first-order chi connectivity index (χ1) is 14.9. The highest BCUT2D eigenvalue weighted by Gasteiger charge is 2.33. The zero-order chi connectivity index (χ0) is 22.3. The summed E-state index contributed by atoms with van der Waals surface area (Å²) in [7, 11) is 0. The molecule has 0 aromatic heterocycles. The molecule has 0 heterocycles. The largest absolute Gasteiger partial charge is 0.410 e. The zero-order valence-corrected chi connectivity index (χ0v) is 18.2. The molecule has 0 bridgehead atoms. The minimum absolute atomic E-state index is 0.0159. The molecule has 0 spiro atoms. The third kappa shape index (κ3) is 6.28. The molecule has 6 nitrogen and oxygen atoms in total. The number of benzene rings is 2. The number of nitrogens with two attached hydrogens (primary N) is 1. The van der Waals surface area contributed by atoms with Crippen LogP contribution in [0.3, 0.4) is 0 Å². The van der Waals surface area contributed by atoms with E-state index in [1.54, 1.807) is 0 Å². The molecular weight excluding hydrogens is 417 g/mol. The van der Waals surface area contributed by atoms with E-state index in [-0.39, 0.29) is 22.9 Å². The molecule has 31 heavy (non-hydrogen) atoms. The SMILES string of the molecule is CCC1(N=C/C(=N\O)C(N)=Nc2ccc(F)cc2)CCC(Nc2ccc(Cl)cc2)CC1. The molecule has 1 aliphatic carbocycles. The topological polar surface area (TPSA) is 95.4 Å². The van der Waals surface area contributed by atoms with Crippen LogP contribution < -0.4 is 11.1 Å². The highest BCUT2D eigenvalue weighted by Crippen LogP contribution is 2.35. The van der Waals surface area contributed by atoms with Gasteiger partial charge in [0.2, 0.25) is 0 Å². The van der Waals surface area contributed by atoms with Gasteiger partial charge in [0.25, 0.3) is 0 Å². The average molecular weight is 444 g/mol. The summed E-state index contributed by atoms with van der Waals surface area (Å²) in [5.41, 5.74) is 7.34. The van der Waals surface area contributed by atoms with E-state index < -0.39 is 0 Å². The summed E-state index contributed by atoms with van der Waals surface area (Å²) in [6.45, 7) is 2.11. The second-order valence-electron chi connectivity index (χ2n) is 7.72. The molecule has 2 aromatic rings. The van der Waals surface area contributed by atoms with Crippen molar-refractivity contribution >= 4 is 40.7 Å². The van der Waals surface area contributed by atoms with Gasteiger partial charge in [-0.05, 0) is 80.6 Å². The Kier molecular flexibility index (Phi) is 7.63. The van der Waals surface area contributed by atoms with Crippen molar-refractivity contribution in [2.75, 3.05) is 5.32 Å². The summed E-state index contributed by atoms with van der Waals surface area (Å²) in [5.74, 6) is -0.344. The van der Waals surface area contributed by atoms with Crippen molar-refractivity contribution in [3.05, 3.63) is 59.4 Å². The van der Waals surface area contributed by atoms with Crippen LogP contribution in [0.1, 0.15) is 39.0 Å². The highest BCUT2D eigenvalue weighted by molar-refractivity contribution is 6.62. The summed E-state index contributed by atoms with van der Waals surface area (Å²) in [5, 5.41) is 16.9. The lowest BCUT2D eigenvalue weighted by molar-refractivity contribution is 0.277. The Balaban J connectivity index is 1.63. The molecule has 0 unspecified atom stereocenters. The van der Waals surface area contributed by atoms with Crippen LogP contribution in [0.25, 0.3) is 0 Å². The molecule has 2 aromatic carbocycles. The number of halogens is 2. The second kappa shape index (κ2) is 10.4. The van der Waals surface area contributed by atoms with E-state index in [9.17, 15) is 9.60 Å². The lowest BCUT2D eigenvalue weighted by atomic mass is 9.78. The number of anilines is 1. The first kappa shape index (κ1) is 22.7. The van der Waals surface area contributed by atoms with Gasteiger partial charge in [0, 0.05) is 16.8 Å².